The van der Waals surface area contributed by atoms with Crippen LogP contribution in [0.25, 0.3) is 0 Å². The van der Waals surface area contributed by atoms with Gasteiger partial charge in [0.1, 0.15) is 5.78 Å². The molecule has 0 aliphatic carbocycles. The van der Waals surface area contributed by atoms with Crippen molar-refractivity contribution >= 4 is 21.7 Å². The van der Waals surface area contributed by atoms with E-state index in [1.54, 1.807) is 0 Å². The Balaban J connectivity index is 2.35. The number of rotatable bonds is 2. The molecule has 3 heteroatoms. The Labute approximate surface area is 82.4 Å². The number of halogens is 1. The van der Waals surface area contributed by atoms with Crippen LogP contribution in [-0.2, 0) is 4.79 Å². The number of ketones is 1. The second-order valence-electron chi connectivity index (χ2n) is 3.63. The molecule has 1 rings (SSSR count). The van der Waals surface area contributed by atoms with Crippen molar-refractivity contribution in [2.45, 2.75) is 25.1 Å². The molecule has 0 N–H and O–H groups in total. The van der Waals surface area contributed by atoms with Crippen molar-refractivity contribution in [3.63, 3.8) is 0 Å². The molecule has 0 bridgehead atoms. The number of hydrogen-bond acceptors (Lipinski definition) is 2. The van der Waals surface area contributed by atoms with Crippen LogP contribution < -0.4 is 0 Å². The van der Waals surface area contributed by atoms with E-state index in [1.807, 2.05) is 0 Å². The second kappa shape index (κ2) is 4.38. The van der Waals surface area contributed by atoms with Gasteiger partial charge < -0.3 is 4.90 Å². The number of piperidine rings is 1. The monoisotopic (exact) mass is 232 g/mol. The third kappa shape index (κ3) is 2.87. The van der Waals surface area contributed by atoms with Crippen molar-refractivity contribution in [2.24, 2.45) is 0 Å². The lowest BCUT2D eigenvalue weighted by molar-refractivity contribution is -0.120. The molecule has 0 aromatic rings. The first-order valence-electron chi connectivity index (χ1n) is 4.28. The van der Waals surface area contributed by atoms with Crippen LogP contribution in [-0.4, -0.2) is 35.1 Å². The van der Waals surface area contributed by atoms with Crippen LogP contribution in [0.15, 0.2) is 0 Å². The molecular weight excluding hydrogens is 218 g/mol. The SMILES string of the molecule is C[C](C)CN1CCC(=O)C(Br)C1. The van der Waals surface area contributed by atoms with Gasteiger partial charge in [-0.3, -0.25) is 4.79 Å². The van der Waals surface area contributed by atoms with Gasteiger partial charge >= 0.3 is 0 Å². The lowest BCUT2D eigenvalue weighted by Gasteiger charge is -2.29. The van der Waals surface area contributed by atoms with Crippen molar-refractivity contribution in [3.05, 3.63) is 5.92 Å². The summed E-state index contributed by atoms with van der Waals surface area (Å²) in [5.74, 6) is 1.75. The third-order valence-electron chi connectivity index (χ3n) is 1.98. The molecule has 1 saturated heterocycles. The Morgan fingerprint density at radius 1 is 1.67 bits per heavy atom. The summed E-state index contributed by atoms with van der Waals surface area (Å²) in [6, 6.07) is 0. The Morgan fingerprint density at radius 3 is 2.83 bits per heavy atom. The Hall–Kier alpha value is 0.110. The van der Waals surface area contributed by atoms with Crippen LogP contribution in [0.4, 0.5) is 0 Å². The van der Waals surface area contributed by atoms with E-state index in [1.165, 1.54) is 5.92 Å². The van der Waals surface area contributed by atoms with Gasteiger partial charge in [-0.25, -0.2) is 0 Å². The van der Waals surface area contributed by atoms with Crippen LogP contribution in [0, 0.1) is 5.92 Å². The summed E-state index contributed by atoms with van der Waals surface area (Å²) >= 11 is 3.38. The van der Waals surface area contributed by atoms with E-state index >= 15 is 0 Å². The predicted octanol–water partition coefficient (Wildman–Crippen LogP) is 1.64. The number of carbonyl (C=O) groups excluding carboxylic acids is 1. The smallest absolute Gasteiger partial charge is 0.149 e. The first-order valence-corrected chi connectivity index (χ1v) is 5.19. The molecule has 0 saturated carbocycles. The highest BCUT2D eigenvalue weighted by Crippen LogP contribution is 2.15. The van der Waals surface area contributed by atoms with Crippen LogP contribution in [0.3, 0.4) is 0 Å². The molecule has 69 valence electrons. The second-order valence-corrected chi connectivity index (χ2v) is 4.73. The fourth-order valence-corrected chi connectivity index (χ4v) is 2.07. The van der Waals surface area contributed by atoms with Gasteiger partial charge in [-0.05, 0) is 5.92 Å². The number of hydrogen-bond donors (Lipinski definition) is 0. The van der Waals surface area contributed by atoms with Gasteiger partial charge in [-0.2, -0.15) is 0 Å². The van der Waals surface area contributed by atoms with Crippen molar-refractivity contribution in [1.82, 2.24) is 4.90 Å². The van der Waals surface area contributed by atoms with Gasteiger partial charge in [0.15, 0.2) is 0 Å². The lowest BCUT2D eigenvalue weighted by Crippen LogP contribution is -2.42. The molecule has 1 heterocycles. The number of Topliss-reactive ketones (excluding diaryl/α,β-unsaturated/α-hetero) is 1. The molecule has 0 aromatic heterocycles. The van der Waals surface area contributed by atoms with Gasteiger partial charge in [0, 0.05) is 26.1 Å². The van der Waals surface area contributed by atoms with Crippen molar-refractivity contribution in [3.8, 4) is 0 Å². The molecule has 1 unspecified atom stereocenters. The lowest BCUT2D eigenvalue weighted by atomic mass is 10.1. The Bertz CT molecular complexity index is 170. The predicted molar refractivity (Wildman–Crippen MR) is 53.4 cm³/mol. The molecule has 1 aliphatic rings. The molecule has 1 atom stereocenters. The van der Waals surface area contributed by atoms with Crippen LogP contribution in [0.5, 0.6) is 0 Å². The van der Waals surface area contributed by atoms with Crippen molar-refractivity contribution in [1.29, 1.82) is 0 Å². The molecular formula is C9H15BrNO. The van der Waals surface area contributed by atoms with Crippen molar-refractivity contribution < 1.29 is 4.79 Å². The van der Waals surface area contributed by atoms with Gasteiger partial charge in [-0.15, -0.1) is 0 Å². The van der Waals surface area contributed by atoms with E-state index in [9.17, 15) is 4.79 Å². The van der Waals surface area contributed by atoms with Crippen LogP contribution >= 0.6 is 15.9 Å². The van der Waals surface area contributed by atoms with E-state index in [4.69, 9.17) is 0 Å². The van der Waals surface area contributed by atoms with Crippen LogP contribution in [0.2, 0.25) is 0 Å². The molecule has 0 aromatic carbocycles. The normalized spacial score (nSPS) is 26.7. The largest absolute Gasteiger partial charge is 0.301 e. The summed E-state index contributed by atoms with van der Waals surface area (Å²) in [6.07, 6.45) is 0.698. The first-order chi connectivity index (χ1) is 5.59. The average molecular weight is 233 g/mol. The summed E-state index contributed by atoms with van der Waals surface area (Å²) in [6.45, 7) is 7.06. The zero-order valence-electron chi connectivity index (χ0n) is 7.64. The summed E-state index contributed by atoms with van der Waals surface area (Å²) < 4.78 is 0. The highest BCUT2D eigenvalue weighted by atomic mass is 79.9. The van der Waals surface area contributed by atoms with E-state index in [-0.39, 0.29) is 4.83 Å². The maximum Gasteiger partial charge on any atom is 0.149 e. The summed E-state index contributed by atoms with van der Waals surface area (Å²) in [5.41, 5.74) is 0. The highest BCUT2D eigenvalue weighted by molar-refractivity contribution is 9.10. The molecule has 2 nitrogen and oxygen atoms in total. The third-order valence-corrected chi connectivity index (χ3v) is 2.78. The topological polar surface area (TPSA) is 20.3 Å². The summed E-state index contributed by atoms with van der Waals surface area (Å²) in [5, 5.41) is 0. The molecule has 12 heavy (non-hydrogen) atoms. The highest BCUT2D eigenvalue weighted by Gasteiger charge is 2.24. The fourth-order valence-electron chi connectivity index (χ4n) is 1.44. The van der Waals surface area contributed by atoms with Crippen molar-refractivity contribution in [2.75, 3.05) is 19.6 Å². The van der Waals surface area contributed by atoms with E-state index in [0.29, 0.717) is 12.2 Å². The Morgan fingerprint density at radius 2 is 2.33 bits per heavy atom. The number of carbonyl (C=O) groups is 1. The Kier molecular flexibility index (Phi) is 3.72. The number of alkyl halides is 1. The quantitative estimate of drug-likeness (QED) is 0.676. The van der Waals surface area contributed by atoms with E-state index < -0.39 is 0 Å². The summed E-state index contributed by atoms with van der Waals surface area (Å²) in [4.78, 5) is 13.5. The van der Waals surface area contributed by atoms with Gasteiger partial charge in [0.2, 0.25) is 0 Å². The zero-order chi connectivity index (χ0) is 9.14. The fraction of sp³-hybridized carbons (Fsp3) is 0.778. The minimum absolute atomic E-state index is 0.0607. The minimum atomic E-state index is 0.0607. The molecule has 0 spiro atoms. The molecule has 1 radical (unpaired) electrons. The maximum atomic E-state index is 11.1. The summed E-state index contributed by atoms with van der Waals surface area (Å²) in [7, 11) is 0. The zero-order valence-corrected chi connectivity index (χ0v) is 9.23. The maximum absolute atomic E-state index is 11.1. The average Bonchev–Trinajstić information content (AvgIpc) is 1.96. The molecule has 0 amide bonds. The number of likely N-dealkylation sites (tertiary alicyclic amines) is 1. The number of nitrogens with zero attached hydrogens (tertiary/aromatic N) is 1. The molecule has 1 aliphatic heterocycles. The van der Waals surface area contributed by atoms with Gasteiger partial charge in [0.25, 0.3) is 0 Å². The standard InChI is InChI=1S/C9H15BrNO/c1-7(2)5-11-4-3-9(12)8(10)6-11/h8H,3-6H2,1-2H3. The van der Waals surface area contributed by atoms with E-state index in [2.05, 4.69) is 34.7 Å². The van der Waals surface area contributed by atoms with E-state index in [0.717, 1.165) is 19.6 Å². The molecule has 1 fully saturated rings. The minimum Gasteiger partial charge on any atom is -0.301 e. The van der Waals surface area contributed by atoms with Gasteiger partial charge in [0.05, 0.1) is 4.83 Å². The van der Waals surface area contributed by atoms with Gasteiger partial charge in [-0.1, -0.05) is 29.8 Å². The first kappa shape index (κ1) is 10.2. The van der Waals surface area contributed by atoms with Crippen LogP contribution in [0.1, 0.15) is 20.3 Å².